The minimum absolute atomic E-state index is 0.508. The van der Waals surface area contributed by atoms with Crippen molar-refractivity contribution in [2.75, 3.05) is 5.32 Å². The fraction of sp³-hybridized carbons (Fsp3) is 0.0833. The molecular weight excluding hydrogens is 434 g/mol. The van der Waals surface area contributed by atoms with Crippen LogP contribution < -0.4 is 10.1 Å². The molecule has 2 nitrogen and oxygen atoms in total. The van der Waals surface area contributed by atoms with E-state index in [1.807, 2.05) is 42.5 Å². The largest absolute Gasteiger partial charge is 0.489 e. The van der Waals surface area contributed by atoms with Gasteiger partial charge in [-0.1, -0.05) is 70.0 Å². The molecule has 28 heavy (non-hydrogen) atoms. The smallest absolute Gasteiger partial charge is 0.124 e. The van der Waals surface area contributed by atoms with Crippen LogP contribution in [0.25, 0.3) is 10.8 Å². The van der Waals surface area contributed by atoms with Gasteiger partial charge in [0.2, 0.25) is 0 Å². The zero-order valence-electron chi connectivity index (χ0n) is 15.2. The summed E-state index contributed by atoms with van der Waals surface area (Å²) in [5.41, 5.74) is 3.23. The van der Waals surface area contributed by atoms with Crippen LogP contribution in [-0.2, 0) is 13.2 Å². The normalized spacial score (nSPS) is 10.8. The molecule has 0 aliphatic carbocycles. The highest BCUT2D eigenvalue weighted by Crippen LogP contribution is 2.27. The van der Waals surface area contributed by atoms with E-state index in [-0.39, 0.29) is 0 Å². The number of halogens is 2. The molecule has 4 rings (SSSR count). The molecule has 0 aliphatic rings. The summed E-state index contributed by atoms with van der Waals surface area (Å²) in [4.78, 5) is 0. The van der Waals surface area contributed by atoms with Gasteiger partial charge in [0.15, 0.2) is 0 Å². The monoisotopic (exact) mass is 451 g/mol. The molecule has 0 heterocycles. The minimum atomic E-state index is 0.508. The Labute approximate surface area is 178 Å². The summed E-state index contributed by atoms with van der Waals surface area (Å²) in [6, 6.07) is 28.5. The third-order valence-corrected chi connectivity index (χ3v) is 5.38. The average Bonchev–Trinajstić information content (AvgIpc) is 2.72. The van der Waals surface area contributed by atoms with E-state index in [9.17, 15) is 0 Å². The molecule has 0 spiro atoms. The van der Waals surface area contributed by atoms with Crippen molar-refractivity contribution in [3.05, 3.63) is 106 Å². The van der Waals surface area contributed by atoms with Gasteiger partial charge in [-0.05, 0) is 58.8 Å². The van der Waals surface area contributed by atoms with Crippen molar-refractivity contribution in [2.45, 2.75) is 13.2 Å². The molecule has 0 aliphatic heterocycles. The number of fused-ring (bicyclic) bond motifs is 1. The SMILES string of the molecule is Clc1ccc(OCc2cccc3ccccc23)c(CNc2ccc(Br)cc2)c1. The van der Waals surface area contributed by atoms with Crippen molar-refractivity contribution in [3.8, 4) is 5.75 Å². The van der Waals surface area contributed by atoms with E-state index in [1.165, 1.54) is 16.3 Å². The van der Waals surface area contributed by atoms with E-state index >= 15 is 0 Å². The Morgan fingerprint density at radius 1 is 0.821 bits per heavy atom. The lowest BCUT2D eigenvalue weighted by molar-refractivity contribution is 0.305. The number of ether oxygens (including phenoxy) is 1. The van der Waals surface area contributed by atoms with E-state index in [0.29, 0.717) is 18.2 Å². The van der Waals surface area contributed by atoms with Crippen molar-refractivity contribution < 1.29 is 4.74 Å². The van der Waals surface area contributed by atoms with Gasteiger partial charge in [-0.2, -0.15) is 0 Å². The third kappa shape index (κ3) is 4.49. The zero-order chi connectivity index (χ0) is 19.3. The molecule has 0 bridgehead atoms. The van der Waals surface area contributed by atoms with Crippen molar-refractivity contribution in [1.82, 2.24) is 0 Å². The highest BCUT2D eigenvalue weighted by Gasteiger charge is 2.07. The topological polar surface area (TPSA) is 21.3 Å². The Balaban J connectivity index is 1.52. The van der Waals surface area contributed by atoms with Gasteiger partial charge in [-0.25, -0.2) is 0 Å². The summed E-state index contributed by atoms with van der Waals surface area (Å²) in [6.45, 7) is 1.14. The second kappa shape index (κ2) is 8.68. The molecule has 0 saturated carbocycles. The Morgan fingerprint density at radius 3 is 2.46 bits per heavy atom. The molecule has 0 saturated heterocycles. The summed E-state index contributed by atoms with van der Waals surface area (Å²) in [5, 5.41) is 6.56. The van der Waals surface area contributed by atoms with Gasteiger partial charge < -0.3 is 10.1 Å². The van der Waals surface area contributed by atoms with Gasteiger partial charge >= 0.3 is 0 Å². The molecule has 0 aromatic heterocycles. The first-order valence-electron chi connectivity index (χ1n) is 9.06. The fourth-order valence-corrected chi connectivity index (χ4v) is 3.62. The van der Waals surface area contributed by atoms with Crippen molar-refractivity contribution in [1.29, 1.82) is 0 Å². The molecule has 1 N–H and O–H groups in total. The second-order valence-corrected chi connectivity index (χ2v) is 7.89. The summed E-state index contributed by atoms with van der Waals surface area (Å²) in [7, 11) is 0. The van der Waals surface area contributed by atoms with Crippen LogP contribution in [-0.4, -0.2) is 0 Å². The van der Waals surface area contributed by atoms with E-state index in [4.69, 9.17) is 16.3 Å². The Bertz CT molecular complexity index is 1090. The van der Waals surface area contributed by atoms with Gasteiger partial charge in [-0.3, -0.25) is 0 Å². The third-order valence-electron chi connectivity index (χ3n) is 4.61. The van der Waals surface area contributed by atoms with Gasteiger partial charge in [-0.15, -0.1) is 0 Å². The predicted molar refractivity (Wildman–Crippen MR) is 121 cm³/mol. The van der Waals surface area contributed by atoms with Crippen molar-refractivity contribution >= 4 is 44.0 Å². The van der Waals surface area contributed by atoms with E-state index < -0.39 is 0 Å². The summed E-state index contributed by atoms with van der Waals surface area (Å²) < 4.78 is 7.24. The standard InChI is InChI=1S/C24H19BrClNO/c25-20-8-11-22(12-9-20)27-15-19-14-21(26)10-13-24(19)28-16-18-6-3-5-17-4-1-2-7-23(17)18/h1-14,27H,15-16H2. The lowest BCUT2D eigenvalue weighted by Gasteiger charge is -2.14. The van der Waals surface area contributed by atoms with Crippen LogP contribution in [0.15, 0.2) is 89.4 Å². The second-order valence-electron chi connectivity index (χ2n) is 6.54. The maximum Gasteiger partial charge on any atom is 0.124 e. The van der Waals surface area contributed by atoms with Gasteiger partial charge in [0, 0.05) is 27.3 Å². The number of hydrogen-bond donors (Lipinski definition) is 1. The van der Waals surface area contributed by atoms with Crippen LogP contribution in [0.5, 0.6) is 5.75 Å². The quantitative estimate of drug-likeness (QED) is 0.328. The maximum atomic E-state index is 6.23. The van der Waals surface area contributed by atoms with E-state index in [2.05, 4.69) is 63.7 Å². The molecule has 4 heteroatoms. The van der Waals surface area contributed by atoms with Crippen LogP contribution in [0.1, 0.15) is 11.1 Å². The average molecular weight is 453 g/mol. The number of nitrogens with one attached hydrogen (secondary N) is 1. The Hall–Kier alpha value is -2.49. The number of hydrogen-bond acceptors (Lipinski definition) is 2. The molecule has 0 unspecified atom stereocenters. The molecule has 0 atom stereocenters. The fourth-order valence-electron chi connectivity index (χ4n) is 3.17. The molecule has 0 amide bonds. The molecule has 4 aromatic carbocycles. The van der Waals surface area contributed by atoms with Gasteiger partial charge in [0.25, 0.3) is 0 Å². The number of rotatable bonds is 6. The van der Waals surface area contributed by atoms with Gasteiger partial charge in [0.1, 0.15) is 12.4 Å². The van der Waals surface area contributed by atoms with Gasteiger partial charge in [0.05, 0.1) is 0 Å². The number of anilines is 1. The highest BCUT2D eigenvalue weighted by atomic mass is 79.9. The predicted octanol–water partition coefficient (Wildman–Crippen LogP) is 7.45. The lowest BCUT2D eigenvalue weighted by Crippen LogP contribution is -2.04. The molecular formula is C24H19BrClNO. The van der Waals surface area contributed by atoms with Crippen molar-refractivity contribution in [2.24, 2.45) is 0 Å². The van der Waals surface area contributed by atoms with Crippen LogP contribution in [0.4, 0.5) is 5.69 Å². The summed E-state index contributed by atoms with van der Waals surface area (Å²) in [6.07, 6.45) is 0. The number of benzene rings is 4. The first kappa shape index (κ1) is 18.9. The van der Waals surface area contributed by atoms with Crippen molar-refractivity contribution in [3.63, 3.8) is 0 Å². The van der Waals surface area contributed by atoms with Crippen LogP contribution in [0.2, 0.25) is 5.02 Å². The van der Waals surface area contributed by atoms with Crippen LogP contribution in [0, 0.1) is 0 Å². The Kier molecular flexibility index (Phi) is 5.84. The summed E-state index contributed by atoms with van der Waals surface area (Å²) in [5.74, 6) is 0.835. The molecule has 4 aromatic rings. The van der Waals surface area contributed by atoms with E-state index in [0.717, 1.165) is 21.5 Å². The lowest BCUT2D eigenvalue weighted by atomic mass is 10.1. The molecule has 140 valence electrons. The summed E-state index contributed by atoms with van der Waals surface area (Å²) >= 11 is 9.68. The van der Waals surface area contributed by atoms with E-state index in [1.54, 1.807) is 0 Å². The van der Waals surface area contributed by atoms with Crippen LogP contribution in [0.3, 0.4) is 0 Å². The highest BCUT2D eigenvalue weighted by molar-refractivity contribution is 9.10. The van der Waals surface area contributed by atoms with Crippen LogP contribution >= 0.6 is 27.5 Å². The molecule has 0 radical (unpaired) electrons. The first-order chi connectivity index (χ1) is 13.7. The minimum Gasteiger partial charge on any atom is -0.489 e. The molecule has 0 fully saturated rings. The first-order valence-corrected chi connectivity index (χ1v) is 10.2. The Morgan fingerprint density at radius 2 is 1.61 bits per heavy atom. The maximum absolute atomic E-state index is 6.23. The zero-order valence-corrected chi connectivity index (χ0v) is 17.5.